The first-order valence-corrected chi connectivity index (χ1v) is 9.98. The minimum atomic E-state index is -0.260. The Bertz CT molecular complexity index is 1210. The van der Waals surface area contributed by atoms with Crippen molar-refractivity contribution >= 4 is 17.5 Å². The zero-order valence-corrected chi connectivity index (χ0v) is 17.2. The van der Waals surface area contributed by atoms with Crippen molar-refractivity contribution in [2.24, 2.45) is 0 Å². The predicted octanol–water partition coefficient (Wildman–Crippen LogP) is 4.74. The van der Waals surface area contributed by atoms with Gasteiger partial charge in [-0.2, -0.15) is 10.4 Å². The van der Waals surface area contributed by atoms with E-state index < -0.39 is 0 Å². The van der Waals surface area contributed by atoms with E-state index in [-0.39, 0.29) is 18.9 Å². The summed E-state index contributed by atoms with van der Waals surface area (Å²) < 4.78 is 7.02. The van der Waals surface area contributed by atoms with Gasteiger partial charge in [0.25, 0.3) is 5.91 Å². The summed E-state index contributed by atoms with van der Waals surface area (Å²) >= 11 is 6.17. The highest BCUT2D eigenvalue weighted by atomic mass is 35.5. The number of amides is 1. The number of carbonyl (C=O) groups excluding carboxylic acids is 1. The molecule has 0 atom stereocenters. The fourth-order valence-electron chi connectivity index (χ4n) is 3.19. The highest BCUT2D eigenvalue weighted by molar-refractivity contribution is 6.30. The third kappa shape index (κ3) is 4.65. The molecule has 3 heterocycles. The maximum atomic E-state index is 13.6. The first-order chi connectivity index (χ1) is 15.2. The van der Waals surface area contributed by atoms with Gasteiger partial charge in [0.15, 0.2) is 5.76 Å². The van der Waals surface area contributed by atoms with Crippen molar-refractivity contribution < 1.29 is 9.21 Å². The van der Waals surface area contributed by atoms with Gasteiger partial charge in [-0.05, 0) is 42.0 Å². The fourth-order valence-corrected chi connectivity index (χ4v) is 3.38. The van der Waals surface area contributed by atoms with Gasteiger partial charge in [-0.1, -0.05) is 23.7 Å². The standard InChI is InChI=1S/C23H18ClN5O2/c24-18-6-1-7-19(13-18)29-21(14-20(27-29)22-8-3-12-31-22)23(30)28(11-4-9-25)16-17-5-2-10-26-15-17/h1-3,5-8,10,12-15H,4,11,16H2. The Morgan fingerprint density at radius 3 is 2.81 bits per heavy atom. The van der Waals surface area contributed by atoms with Gasteiger partial charge in [-0.25, -0.2) is 4.68 Å². The number of nitrogens with zero attached hydrogens (tertiary/aromatic N) is 5. The number of carbonyl (C=O) groups is 1. The molecule has 1 aromatic carbocycles. The van der Waals surface area contributed by atoms with Crippen molar-refractivity contribution in [2.45, 2.75) is 13.0 Å². The molecule has 0 N–H and O–H groups in total. The molecule has 0 aliphatic heterocycles. The molecule has 31 heavy (non-hydrogen) atoms. The Morgan fingerprint density at radius 1 is 1.19 bits per heavy atom. The number of hydrogen-bond donors (Lipinski definition) is 0. The average molecular weight is 432 g/mol. The molecule has 0 radical (unpaired) electrons. The lowest BCUT2D eigenvalue weighted by Crippen LogP contribution is -2.33. The molecule has 7 nitrogen and oxygen atoms in total. The summed E-state index contributed by atoms with van der Waals surface area (Å²) in [4.78, 5) is 19.3. The monoisotopic (exact) mass is 431 g/mol. The van der Waals surface area contributed by atoms with Gasteiger partial charge in [0.2, 0.25) is 0 Å². The van der Waals surface area contributed by atoms with Crippen molar-refractivity contribution in [2.75, 3.05) is 6.54 Å². The molecule has 154 valence electrons. The van der Waals surface area contributed by atoms with Crippen LogP contribution in [0.25, 0.3) is 17.1 Å². The second-order valence-electron chi connectivity index (χ2n) is 6.78. The van der Waals surface area contributed by atoms with Crippen molar-refractivity contribution in [3.05, 3.63) is 89.5 Å². The van der Waals surface area contributed by atoms with E-state index in [2.05, 4.69) is 16.2 Å². The Hall–Kier alpha value is -3.89. The van der Waals surface area contributed by atoms with E-state index in [1.54, 1.807) is 64.6 Å². The zero-order chi connectivity index (χ0) is 21.6. The normalized spacial score (nSPS) is 10.6. The molecule has 0 saturated heterocycles. The molecule has 1 amide bonds. The number of pyridine rings is 1. The Morgan fingerprint density at radius 2 is 2.10 bits per heavy atom. The average Bonchev–Trinajstić information content (AvgIpc) is 3.47. The Balaban J connectivity index is 1.76. The predicted molar refractivity (Wildman–Crippen MR) is 115 cm³/mol. The van der Waals surface area contributed by atoms with Gasteiger partial charge in [0.1, 0.15) is 11.4 Å². The zero-order valence-electron chi connectivity index (χ0n) is 16.5. The minimum absolute atomic E-state index is 0.211. The van der Waals surface area contributed by atoms with Crippen LogP contribution in [0.4, 0.5) is 0 Å². The summed E-state index contributed by atoms with van der Waals surface area (Å²) in [7, 11) is 0. The first-order valence-electron chi connectivity index (χ1n) is 9.61. The van der Waals surface area contributed by atoms with Gasteiger partial charge in [0.05, 0.1) is 24.4 Å². The molecule has 0 unspecified atom stereocenters. The second kappa shape index (κ2) is 9.28. The largest absolute Gasteiger partial charge is 0.463 e. The Kier molecular flexibility index (Phi) is 6.11. The molecular formula is C23H18ClN5O2. The van der Waals surface area contributed by atoms with Crippen LogP contribution in [0.1, 0.15) is 22.5 Å². The molecule has 3 aromatic heterocycles. The van der Waals surface area contributed by atoms with Crippen LogP contribution < -0.4 is 0 Å². The van der Waals surface area contributed by atoms with E-state index >= 15 is 0 Å². The highest BCUT2D eigenvalue weighted by Gasteiger charge is 2.24. The number of nitriles is 1. The van der Waals surface area contributed by atoms with Crippen LogP contribution in [0.15, 0.2) is 77.7 Å². The highest BCUT2D eigenvalue weighted by Crippen LogP contribution is 2.25. The lowest BCUT2D eigenvalue weighted by molar-refractivity contribution is 0.0737. The van der Waals surface area contributed by atoms with E-state index in [9.17, 15) is 4.79 Å². The van der Waals surface area contributed by atoms with Gasteiger partial charge in [-0.3, -0.25) is 9.78 Å². The minimum Gasteiger partial charge on any atom is -0.463 e. The summed E-state index contributed by atoms with van der Waals surface area (Å²) in [6.07, 6.45) is 5.14. The molecule has 4 aromatic rings. The number of rotatable bonds is 7. The lowest BCUT2D eigenvalue weighted by Gasteiger charge is -2.22. The Labute approximate surface area is 184 Å². The van der Waals surface area contributed by atoms with Gasteiger partial charge in [0, 0.05) is 36.6 Å². The lowest BCUT2D eigenvalue weighted by atomic mass is 10.2. The molecule has 0 saturated carbocycles. The third-order valence-electron chi connectivity index (χ3n) is 4.63. The summed E-state index contributed by atoms with van der Waals surface area (Å²) in [5.74, 6) is 0.287. The number of halogens is 1. The molecule has 0 aliphatic carbocycles. The SMILES string of the molecule is N#CCCN(Cc1cccnc1)C(=O)c1cc(-c2ccco2)nn1-c1cccc(Cl)c1. The van der Waals surface area contributed by atoms with Crippen molar-refractivity contribution in [3.8, 4) is 23.2 Å². The van der Waals surface area contributed by atoms with Crippen molar-refractivity contribution in [1.29, 1.82) is 5.26 Å². The quantitative estimate of drug-likeness (QED) is 0.421. The molecule has 0 spiro atoms. The summed E-state index contributed by atoms with van der Waals surface area (Å²) in [5.41, 5.74) is 2.38. The van der Waals surface area contributed by atoms with Crippen LogP contribution >= 0.6 is 11.6 Å². The molecule has 8 heteroatoms. The molecule has 0 bridgehead atoms. The second-order valence-corrected chi connectivity index (χ2v) is 7.22. The number of furan rings is 1. The van der Waals surface area contributed by atoms with Crippen LogP contribution in [-0.4, -0.2) is 32.1 Å². The van der Waals surface area contributed by atoms with Crippen LogP contribution in [0.5, 0.6) is 0 Å². The van der Waals surface area contributed by atoms with E-state index in [1.807, 2.05) is 18.2 Å². The van der Waals surface area contributed by atoms with Crippen LogP contribution in [0, 0.1) is 11.3 Å². The maximum absolute atomic E-state index is 13.6. The fraction of sp³-hybridized carbons (Fsp3) is 0.130. The molecule has 0 fully saturated rings. The summed E-state index contributed by atoms with van der Waals surface area (Å²) in [5, 5.41) is 14.2. The summed E-state index contributed by atoms with van der Waals surface area (Å²) in [6, 6.07) is 18.1. The number of hydrogen-bond acceptors (Lipinski definition) is 5. The smallest absolute Gasteiger partial charge is 0.272 e. The summed E-state index contributed by atoms with van der Waals surface area (Å²) in [6.45, 7) is 0.603. The number of benzene rings is 1. The third-order valence-corrected chi connectivity index (χ3v) is 4.87. The van der Waals surface area contributed by atoms with Crippen molar-refractivity contribution in [3.63, 3.8) is 0 Å². The van der Waals surface area contributed by atoms with Gasteiger partial charge < -0.3 is 9.32 Å². The van der Waals surface area contributed by atoms with E-state index in [4.69, 9.17) is 21.3 Å². The molecular weight excluding hydrogens is 414 g/mol. The van der Waals surface area contributed by atoms with E-state index in [0.29, 0.717) is 34.4 Å². The first kappa shape index (κ1) is 20.4. The maximum Gasteiger partial charge on any atom is 0.272 e. The van der Waals surface area contributed by atoms with E-state index in [0.717, 1.165) is 5.56 Å². The topological polar surface area (TPSA) is 87.9 Å². The van der Waals surface area contributed by atoms with Gasteiger partial charge in [-0.15, -0.1) is 0 Å². The molecule has 4 rings (SSSR count). The van der Waals surface area contributed by atoms with E-state index in [1.165, 1.54) is 0 Å². The van der Waals surface area contributed by atoms with Gasteiger partial charge >= 0.3 is 0 Å². The van der Waals surface area contributed by atoms with Crippen molar-refractivity contribution in [1.82, 2.24) is 19.7 Å². The van der Waals surface area contributed by atoms with Crippen LogP contribution in [0.3, 0.4) is 0 Å². The van der Waals surface area contributed by atoms with Crippen LogP contribution in [-0.2, 0) is 6.54 Å². The van der Waals surface area contributed by atoms with Crippen LogP contribution in [0.2, 0.25) is 5.02 Å². The number of aromatic nitrogens is 3. The molecule has 0 aliphatic rings.